The smallest absolute Gasteiger partial charge is 0.0703 e. The van der Waals surface area contributed by atoms with Gasteiger partial charge in [0.2, 0.25) is 0 Å². The van der Waals surface area contributed by atoms with E-state index in [1.54, 1.807) is 0 Å². The van der Waals surface area contributed by atoms with E-state index in [9.17, 15) is 0 Å². The Bertz CT molecular complexity index is 658. The molecule has 0 radical (unpaired) electrons. The van der Waals surface area contributed by atoms with Crippen molar-refractivity contribution in [2.45, 2.75) is 31.8 Å². The summed E-state index contributed by atoms with van der Waals surface area (Å²) in [6.45, 7) is 4.87. The number of anilines is 1. The standard InChI is InChI=1S/C19H22ClN3/c1-13-19(15-8-10-23(13)11-9-15)22-17-6-7-18(21-12-17)14-2-4-16(20)5-3-14/h2-7,12-13,15,19,22H,8-11H2,1H3/t13-,19+/m1/s1. The second kappa shape index (κ2) is 6.14. The summed E-state index contributed by atoms with van der Waals surface area (Å²) in [4.78, 5) is 7.22. The largest absolute Gasteiger partial charge is 0.379 e. The summed E-state index contributed by atoms with van der Waals surface area (Å²) < 4.78 is 0. The first-order valence-electron chi connectivity index (χ1n) is 8.43. The van der Waals surface area contributed by atoms with Gasteiger partial charge in [0, 0.05) is 22.7 Å². The van der Waals surface area contributed by atoms with Crippen molar-refractivity contribution < 1.29 is 0 Å². The molecule has 0 unspecified atom stereocenters. The van der Waals surface area contributed by atoms with Gasteiger partial charge in [0.15, 0.2) is 0 Å². The van der Waals surface area contributed by atoms with Crippen molar-refractivity contribution in [2.24, 2.45) is 5.92 Å². The van der Waals surface area contributed by atoms with Crippen molar-refractivity contribution >= 4 is 17.3 Å². The molecule has 2 atom stereocenters. The van der Waals surface area contributed by atoms with Crippen molar-refractivity contribution in [1.29, 1.82) is 0 Å². The zero-order valence-electron chi connectivity index (χ0n) is 13.4. The summed E-state index contributed by atoms with van der Waals surface area (Å²) in [5.41, 5.74) is 3.19. The molecule has 0 saturated carbocycles. The lowest BCUT2D eigenvalue weighted by Gasteiger charge is -2.50. The molecular weight excluding hydrogens is 306 g/mol. The lowest BCUT2D eigenvalue weighted by atomic mass is 9.79. The Balaban J connectivity index is 1.49. The predicted molar refractivity (Wildman–Crippen MR) is 95.9 cm³/mol. The number of nitrogens with one attached hydrogen (secondary N) is 1. The maximum absolute atomic E-state index is 5.94. The number of nitrogens with zero attached hydrogens (tertiary/aromatic N) is 2. The molecule has 5 rings (SSSR count). The second-order valence-electron chi connectivity index (χ2n) is 6.72. The number of fused-ring (bicyclic) bond motifs is 3. The second-order valence-corrected chi connectivity index (χ2v) is 7.16. The van der Waals surface area contributed by atoms with Gasteiger partial charge in [-0.25, -0.2) is 0 Å². The van der Waals surface area contributed by atoms with E-state index in [2.05, 4.69) is 34.3 Å². The minimum atomic E-state index is 0.542. The number of rotatable bonds is 3. The summed E-state index contributed by atoms with van der Waals surface area (Å²) >= 11 is 5.94. The van der Waals surface area contributed by atoms with E-state index >= 15 is 0 Å². The van der Waals surface area contributed by atoms with Crippen LogP contribution in [0.3, 0.4) is 0 Å². The van der Waals surface area contributed by atoms with Gasteiger partial charge in [-0.3, -0.25) is 9.88 Å². The summed E-state index contributed by atoms with van der Waals surface area (Å²) in [5, 5.41) is 4.48. The number of pyridine rings is 1. The van der Waals surface area contributed by atoms with E-state index in [0.717, 1.165) is 27.9 Å². The monoisotopic (exact) mass is 327 g/mol. The highest BCUT2D eigenvalue weighted by Gasteiger charge is 2.39. The fraction of sp³-hybridized carbons (Fsp3) is 0.421. The quantitative estimate of drug-likeness (QED) is 0.911. The normalized spacial score (nSPS) is 29.5. The minimum absolute atomic E-state index is 0.542. The molecule has 1 aromatic heterocycles. The van der Waals surface area contributed by atoms with Crippen LogP contribution in [0, 0.1) is 5.92 Å². The maximum Gasteiger partial charge on any atom is 0.0703 e. The van der Waals surface area contributed by atoms with Gasteiger partial charge in [0.1, 0.15) is 0 Å². The molecule has 3 saturated heterocycles. The first-order chi connectivity index (χ1) is 11.2. The van der Waals surface area contributed by atoms with Crippen molar-refractivity contribution in [2.75, 3.05) is 18.4 Å². The van der Waals surface area contributed by atoms with Crippen LogP contribution in [0.5, 0.6) is 0 Å². The average Bonchev–Trinajstić information content (AvgIpc) is 2.60. The Kier molecular flexibility index (Phi) is 4.00. The van der Waals surface area contributed by atoms with Crippen LogP contribution in [-0.2, 0) is 0 Å². The van der Waals surface area contributed by atoms with Gasteiger partial charge in [0.25, 0.3) is 0 Å². The van der Waals surface area contributed by atoms with Crippen LogP contribution < -0.4 is 5.32 Å². The molecule has 2 bridgehead atoms. The highest BCUT2D eigenvalue weighted by Crippen LogP contribution is 2.34. The third-order valence-corrected chi connectivity index (χ3v) is 5.67. The molecule has 4 heteroatoms. The van der Waals surface area contributed by atoms with Crippen molar-refractivity contribution in [1.82, 2.24) is 9.88 Å². The first kappa shape index (κ1) is 15.0. The van der Waals surface area contributed by atoms with E-state index in [0.29, 0.717) is 12.1 Å². The molecule has 0 aliphatic carbocycles. The van der Waals surface area contributed by atoms with E-state index in [1.165, 1.54) is 25.9 Å². The fourth-order valence-corrected chi connectivity index (χ4v) is 4.13. The van der Waals surface area contributed by atoms with Gasteiger partial charge in [-0.1, -0.05) is 23.7 Å². The van der Waals surface area contributed by atoms with Crippen LogP contribution in [-0.4, -0.2) is 35.1 Å². The van der Waals surface area contributed by atoms with Crippen LogP contribution in [0.1, 0.15) is 19.8 Å². The number of hydrogen-bond acceptors (Lipinski definition) is 3. The molecule has 3 fully saturated rings. The third-order valence-electron chi connectivity index (χ3n) is 5.41. The molecule has 3 aliphatic heterocycles. The Morgan fingerprint density at radius 3 is 2.43 bits per heavy atom. The van der Waals surface area contributed by atoms with Crippen LogP contribution in [0.25, 0.3) is 11.3 Å². The minimum Gasteiger partial charge on any atom is -0.379 e. The molecule has 23 heavy (non-hydrogen) atoms. The van der Waals surface area contributed by atoms with E-state index < -0.39 is 0 Å². The molecule has 0 amide bonds. The van der Waals surface area contributed by atoms with Gasteiger partial charge in [-0.15, -0.1) is 0 Å². The Morgan fingerprint density at radius 2 is 1.83 bits per heavy atom. The number of piperidine rings is 3. The molecule has 4 heterocycles. The predicted octanol–water partition coefficient (Wildman–Crippen LogP) is 4.30. The van der Waals surface area contributed by atoms with Gasteiger partial charge in [-0.05, 0) is 63.0 Å². The first-order valence-corrected chi connectivity index (χ1v) is 8.81. The van der Waals surface area contributed by atoms with Gasteiger partial charge < -0.3 is 5.32 Å². The van der Waals surface area contributed by atoms with Crippen LogP contribution in [0.4, 0.5) is 5.69 Å². The fourth-order valence-electron chi connectivity index (χ4n) is 4.01. The lowest BCUT2D eigenvalue weighted by molar-refractivity contribution is 0.0458. The zero-order valence-corrected chi connectivity index (χ0v) is 14.1. The number of hydrogen-bond donors (Lipinski definition) is 1. The van der Waals surface area contributed by atoms with Crippen molar-refractivity contribution in [3.8, 4) is 11.3 Å². The van der Waals surface area contributed by atoms with Crippen molar-refractivity contribution in [3.63, 3.8) is 0 Å². The molecule has 1 aromatic carbocycles. The molecule has 1 N–H and O–H groups in total. The molecule has 0 spiro atoms. The molecule has 2 aromatic rings. The summed E-state index contributed by atoms with van der Waals surface area (Å²) in [5.74, 6) is 0.797. The van der Waals surface area contributed by atoms with Crippen LogP contribution >= 0.6 is 11.6 Å². The molecular formula is C19H22ClN3. The highest BCUT2D eigenvalue weighted by atomic mass is 35.5. The summed E-state index contributed by atoms with van der Waals surface area (Å²) in [6, 6.07) is 13.2. The molecule has 3 aliphatic rings. The number of aromatic nitrogens is 1. The van der Waals surface area contributed by atoms with E-state index in [4.69, 9.17) is 11.6 Å². The summed E-state index contributed by atoms with van der Waals surface area (Å²) in [7, 11) is 0. The number of benzene rings is 1. The van der Waals surface area contributed by atoms with Crippen LogP contribution in [0.15, 0.2) is 42.6 Å². The zero-order chi connectivity index (χ0) is 15.8. The maximum atomic E-state index is 5.94. The Labute approximate surface area is 142 Å². The Morgan fingerprint density at radius 1 is 1.09 bits per heavy atom. The molecule has 3 nitrogen and oxygen atoms in total. The van der Waals surface area contributed by atoms with E-state index in [1.807, 2.05) is 30.5 Å². The van der Waals surface area contributed by atoms with Crippen molar-refractivity contribution in [3.05, 3.63) is 47.6 Å². The highest BCUT2D eigenvalue weighted by molar-refractivity contribution is 6.30. The van der Waals surface area contributed by atoms with Gasteiger partial charge >= 0.3 is 0 Å². The van der Waals surface area contributed by atoms with Gasteiger partial charge in [-0.2, -0.15) is 0 Å². The lowest BCUT2D eigenvalue weighted by Crippen LogP contribution is -2.59. The average molecular weight is 328 g/mol. The third kappa shape index (κ3) is 2.96. The SMILES string of the molecule is C[C@@H]1[C@H](Nc2ccc(-c3ccc(Cl)cc3)nc2)C2CCN1CC2. The van der Waals surface area contributed by atoms with E-state index in [-0.39, 0.29) is 0 Å². The summed E-state index contributed by atoms with van der Waals surface area (Å²) in [6.07, 6.45) is 4.59. The molecule has 120 valence electrons. The Hall–Kier alpha value is -1.58. The van der Waals surface area contributed by atoms with Gasteiger partial charge in [0.05, 0.1) is 17.6 Å². The van der Waals surface area contributed by atoms with Crippen LogP contribution in [0.2, 0.25) is 5.02 Å². The number of halogens is 1. The topological polar surface area (TPSA) is 28.2 Å².